The first-order chi connectivity index (χ1) is 13.5. The summed E-state index contributed by atoms with van der Waals surface area (Å²) in [7, 11) is 1.59. The molecular weight excluding hydrogens is 396 g/mol. The van der Waals surface area contributed by atoms with Gasteiger partial charge in [0, 0.05) is 24.7 Å². The molecule has 0 aliphatic carbocycles. The number of amides is 2. The number of phenolic OH excluding ortho intramolecular Hbond substituents is 1. The molecule has 8 heteroatoms. The summed E-state index contributed by atoms with van der Waals surface area (Å²) in [6.07, 6.45) is 1.86. The number of ether oxygens (including phenoxy) is 1. The highest BCUT2D eigenvalue weighted by molar-refractivity contribution is 8.26. The number of carbonyl (C=O) groups is 2. The Kier molecular flexibility index (Phi) is 6.33. The van der Waals surface area contributed by atoms with Crippen molar-refractivity contribution in [1.82, 2.24) is 4.90 Å². The quantitative estimate of drug-likeness (QED) is 0.555. The van der Waals surface area contributed by atoms with E-state index in [-0.39, 0.29) is 30.5 Å². The Bertz CT molecular complexity index is 941. The lowest BCUT2D eigenvalue weighted by atomic mass is 10.2. The second-order valence-electron chi connectivity index (χ2n) is 5.96. The van der Waals surface area contributed by atoms with Crippen molar-refractivity contribution in [2.24, 2.45) is 0 Å². The largest absolute Gasteiger partial charge is 0.508 e. The van der Waals surface area contributed by atoms with Crippen molar-refractivity contribution in [1.29, 1.82) is 0 Å². The first kappa shape index (κ1) is 19.9. The molecule has 2 aromatic carbocycles. The summed E-state index contributed by atoms with van der Waals surface area (Å²) in [5.41, 5.74) is 1.36. The lowest BCUT2D eigenvalue weighted by Gasteiger charge is -2.14. The van der Waals surface area contributed by atoms with E-state index < -0.39 is 0 Å². The number of hydrogen-bond donors (Lipinski definition) is 2. The van der Waals surface area contributed by atoms with Crippen LogP contribution in [0.1, 0.15) is 12.0 Å². The van der Waals surface area contributed by atoms with E-state index in [0.717, 1.165) is 11.3 Å². The molecule has 6 nitrogen and oxygen atoms in total. The minimum absolute atomic E-state index is 0.0680. The summed E-state index contributed by atoms with van der Waals surface area (Å²) in [4.78, 5) is 26.7. The smallest absolute Gasteiger partial charge is 0.266 e. The van der Waals surface area contributed by atoms with Crippen LogP contribution in [-0.2, 0) is 9.59 Å². The van der Waals surface area contributed by atoms with E-state index in [1.807, 2.05) is 24.3 Å². The zero-order valence-corrected chi connectivity index (χ0v) is 16.7. The lowest BCUT2D eigenvalue weighted by Crippen LogP contribution is -2.31. The Morgan fingerprint density at radius 2 is 2.04 bits per heavy atom. The van der Waals surface area contributed by atoms with Crippen LogP contribution in [0.25, 0.3) is 6.08 Å². The van der Waals surface area contributed by atoms with Crippen molar-refractivity contribution < 1.29 is 19.4 Å². The molecule has 1 aliphatic heterocycles. The van der Waals surface area contributed by atoms with Crippen LogP contribution in [0.3, 0.4) is 0 Å². The molecule has 0 aromatic heterocycles. The summed E-state index contributed by atoms with van der Waals surface area (Å²) in [5.74, 6) is 0.329. The SMILES string of the molecule is COc1ccc(/C=C2\SC(=S)N(CCC(=O)Nc3cccc(O)c3)C2=O)cc1. The molecule has 0 atom stereocenters. The number of benzene rings is 2. The fraction of sp³-hybridized carbons (Fsp3) is 0.150. The van der Waals surface area contributed by atoms with Gasteiger partial charge in [0.1, 0.15) is 15.8 Å². The maximum absolute atomic E-state index is 12.6. The van der Waals surface area contributed by atoms with Crippen molar-refractivity contribution in [2.45, 2.75) is 6.42 Å². The Morgan fingerprint density at radius 1 is 1.29 bits per heavy atom. The third-order valence-electron chi connectivity index (χ3n) is 3.98. The molecule has 2 N–H and O–H groups in total. The van der Waals surface area contributed by atoms with Gasteiger partial charge in [0.15, 0.2) is 0 Å². The molecule has 2 amide bonds. The number of thiocarbonyl (C=S) groups is 1. The average molecular weight is 415 g/mol. The van der Waals surface area contributed by atoms with Crippen molar-refractivity contribution in [3.05, 3.63) is 59.0 Å². The number of carbonyl (C=O) groups excluding carboxylic acids is 2. The second-order valence-corrected chi connectivity index (χ2v) is 7.63. The molecule has 0 saturated carbocycles. The molecule has 1 heterocycles. The van der Waals surface area contributed by atoms with E-state index in [2.05, 4.69) is 5.32 Å². The number of aromatic hydroxyl groups is 1. The van der Waals surface area contributed by atoms with E-state index in [9.17, 15) is 14.7 Å². The van der Waals surface area contributed by atoms with Crippen molar-refractivity contribution in [3.63, 3.8) is 0 Å². The monoisotopic (exact) mass is 414 g/mol. The zero-order valence-electron chi connectivity index (χ0n) is 15.0. The minimum Gasteiger partial charge on any atom is -0.508 e. The predicted molar refractivity (Wildman–Crippen MR) is 114 cm³/mol. The van der Waals surface area contributed by atoms with Gasteiger partial charge in [-0.25, -0.2) is 0 Å². The van der Waals surface area contributed by atoms with Gasteiger partial charge >= 0.3 is 0 Å². The first-order valence-corrected chi connectivity index (χ1v) is 9.67. The van der Waals surface area contributed by atoms with Crippen LogP contribution in [0.15, 0.2) is 53.4 Å². The first-order valence-electron chi connectivity index (χ1n) is 8.44. The number of phenols is 1. The number of nitrogens with one attached hydrogen (secondary N) is 1. The van der Waals surface area contributed by atoms with Gasteiger partial charge in [0.25, 0.3) is 5.91 Å². The standard InChI is InChI=1S/C20H18N2O4S2/c1-26-16-7-5-13(6-8-16)11-17-19(25)22(20(27)28-17)10-9-18(24)21-14-3-2-4-15(23)12-14/h2-8,11-12,23H,9-10H2,1H3,(H,21,24)/b17-11-. The Hall–Kier alpha value is -2.84. The van der Waals surface area contributed by atoms with Crippen molar-refractivity contribution in [2.75, 3.05) is 19.0 Å². The molecule has 0 bridgehead atoms. The maximum atomic E-state index is 12.6. The lowest BCUT2D eigenvalue weighted by molar-refractivity contribution is -0.122. The van der Waals surface area contributed by atoms with Crippen LogP contribution in [0, 0.1) is 0 Å². The highest BCUT2D eigenvalue weighted by Gasteiger charge is 2.32. The molecule has 144 valence electrons. The van der Waals surface area contributed by atoms with Crippen LogP contribution in [0.4, 0.5) is 5.69 Å². The van der Waals surface area contributed by atoms with Crippen LogP contribution in [0.2, 0.25) is 0 Å². The van der Waals surface area contributed by atoms with E-state index in [1.165, 1.54) is 28.8 Å². The molecule has 0 unspecified atom stereocenters. The Morgan fingerprint density at radius 3 is 2.71 bits per heavy atom. The van der Waals surface area contributed by atoms with Gasteiger partial charge in [0.05, 0.1) is 12.0 Å². The van der Waals surface area contributed by atoms with E-state index in [4.69, 9.17) is 17.0 Å². The molecule has 3 rings (SSSR count). The van der Waals surface area contributed by atoms with Crippen LogP contribution in [-0.4, -0.2) is 39.8 Å². The molecule has 28 heavy (non-hydrogen) atoms. The normalized spacial score (nSPS) is 15.2. The van der Waals surface area contributed by atoms with Gasteiger partial charge in [-0.05, 0) is 35.9 Å². The third-order valence-corrected chi connectivity index (χ3v) is 5.36. The molecule has 1 aliphatic rings. The molecule has 1 fully saturated rings. The van der Waals surface area contributed by atoms with Gasteiger partial charge in [-0.2, -0.15) is 0 Å². The fourth-order valence-electron chi connectivity index (χ4n) is 2.56. The predicted octanol–water partition coefficient (Wildman–Crippen LogP) is 3.63. The zero-order chi connectivity index (χ0) is 20.1. The van der Waals surface area contributed by atoms with Gasteiger partial charge in [0.2, 0.25) is 5.91 Å². The van der Waals surface area contributed by atoms with Crippen LogP contribution < -0.4 is 10.1 Å². The summed E-state index contributed by atoms with van der Waals surface area (Å²) in [6.45, 7) is 0.190. The minimum atomic E-state index is -0.265. The number of hydrogen-bond acceptors (Lipinski definition) is 6. The van der Waals surface area contributed by atoms with Gasteiger partial charge in [-0.3, -0.25) is 14.5 Å². The van der Waals surface area contributed by atoms with Gasteiger partial charge in [-0.15, -0.1) is 0 Å². The molecule has 2 aromatic rings. The maximum Gasteiger partial charge on any atom is 0.266 e. The molecule has 1 saturated heterocycles. The number of nitrogens with zero attached hydrogens (tertiary/aromatic N) is 1. The average Bonchev–Trinajstić information content (AvgIpc) is 2.93. The van der Waals surface area contributed by atoms with Gasteiger partial charge in [-0.1, -0.05) is 42.2 Å². The second kappa shape index (κ2) is 8.90. The van der Waals surface area contributed by atoms with Gasteiger partial charge < -0.3 is 15.2 Å². The van der Waals surface area contributed by atoms with Crippen molar-refractivity contribution in [3.8, 4) is 11.5 Å². The Balaban J connectivity index is 1.60. The van der Waals surface area contributed by atoms with Crippen LogP contribution >= 0.6 is 24.0 Å². The summed E-state index contributed by atoms with van der Waals surface area (Å²) in [5, 5.41) is 12.1. The molecule has 0 spiro atoms. The topological polar surface area (TPSA) is 78.9 Å². The summed E-state index contributed by atoms with van der Waals surface area (Å²) >= 11 is 6.51. The Labute approximate surface area is 172 Å². The number of anilines is 1. The summed E-state index contributed by atoms with van der Waals surface area (Å²) < 4.78 is 5.55. The van der Waals surface area contributed by atoms with Crippen LogP contribution in [0.5, 0.6) is 11.5 Å². The summed E-state index contributed by atoms with van der Waals surface area (Å²) in [6, 6.07) is 13.6. The number of rotatable bonds is 6. The fourth-order valence-corrected chi connectivity index (χ4v) is 3.87. The van der Waals surface area contributed by atoms with E-state index in [1.54, 1.807) is 25.3 Å². The molecule has 0 radical (unpaired) electrons. The third kappa shape index (κ3) is 4.90. The van der Waals surface area contributed by atoms with E-state index >= 15 is 0 Å². The highest BCUT2D eigenvalue weighted by atomic mass is 32.2. The number of methoxy groups -OCH3 is 1. The van der Waals surface area contributed by atoms with E-state index in [0.29, 0.717) is 14.9 Å². The van der Waals surface area contributed by atoms with Crippen molar-refractivity contribution >= 4 is 51.9 Å². The molecular formula is C20H18N2O4S2. The number of thioether (sulfide) groups is 1. The highest BCUT2D eigenvalue weighted by Crippen LogP contribution is 2.32.